The summed E-state index contributed by atoms with van der Waals surface area (Å²) < 4.78 is 11.1. The molecule has 0 aromatic heterocycles. The number of rotatable bonds is 15. The number of hydrogen-bond acceptors (Lipinski definition) is 4. The molecule has 170 valence electrons. The molecule has 0 amide bonds. The summed E-state index contributed by atoms with van der Waals surface area (Å²) in [6.45, 7) is 9.89. The molecule has 4 heteroatoms. The molecule has 3 atom stereocenters. The van der Waals surface area contributed by atoms with Gasteiger partial charge in [-0.1, -0.05) is 79.1 Å². The summed E-state index contributed by atoms with van der Waals surface area (Å²) in [5.41, 5.74) is 0. The third kappa shape index (κ3) is 11.6. The van der Waals surface area contributed by atoms with Gasteiger partial charge >= 0.3 is 11.9 Å². The van der Waals surface area contributed by atoms with Crippen molar-refractivity contribution in [2.24, 2.45) is 23.7 Å². The average molecular weight is 411 g/mol. The van der Waals surface area contributed by atoms with Gasteiger partial charge in [-0.3, -0.25) is 9.59 Å². The fraction of sp³-hybridized carbons (Fsp3) is 0.920. The van der Waals surface area contributed by atoms with Gasteiger partial charge in [0.15, 0.2) is 0 Å². The second kappa shape index (κ2) is 15.7. The van der Waals surface area contributed by atoms with Gasteiger partial charge in [-0.05, 0) is 43.9 Å². The topological polar surface area (TPSA) is 52.6 Å². The molecule has 0 radical (unpaired) electrons. The summed E-state index contributed by atoms with van der Waals surface area (Å²) in [7, 11) is 0. The highest BCUT2D eigenvalue weighted by Gasteiger charge is 2.33. The molecule has 0 aliphatic heterocycles. The van der Waals surface area contributed by atoms with Crippen LogP contribution in [0.4, 0.5) is 0 Å². The van der Waals surface area contributed by atoms with Crippen LogP contribution in [-0.4, -0.2) is 25.2 Å². The van der Waals surface area contributed by atoms with Crippen LogP contribution in [0.3, 0.4) is 0 Å². The number of esters is 2. The third-order valence-corrected chi connectivity index (χ3v) is 6.27. The first-order chi connectivity index (χ1) is 14.0. The molecule has 0 spiro atoms. The van der Waals surface area contributed by atoms with Crippen molar-refractivity contribution in [3.63, 3.8) is 0 Å². The van der Waals surface area contributed by atoms with Crippen molar-refractivity contribution in [2.75, 3.05) is 13.2 Å². The lowest BCUT2D eigenvalue weighted by atomic mass is 9.81. The fourth-order valence-corrected chi connectivity index (χ4v) is 4.13. The van der Waals surface area contributed by atoms with E-state index in [4.69, 9.17) is 9.47 Å². The first-order valence-electron chi connectivity index (χ1n) is 12.3. The van der Waals surface area contributed by atoms with Gasteiger partial charge in [-0.25, -0.2) is 0 Å². The lowest BCUT2D eigenvalue weighted by Gasteiger charge is -2.27. The van der Waals surface area contributed by atoms with Gasteiger partial charge in [0, 0.05) is 0 Å². The normalized spacial score (nSPS) is 20.4. The summed E-state index contributed by atoms with van der Waals surface area (Å²) in [6, 6.07) is 0. The lowest BCUT2D eigenvalue weighted by Crippen LogP contribution is -2.30. The third-order valence-electron chi connectivity index (χ3n) is 6.27. The molecule has 0 saturated heterocycles. The van der Waals surface area contributed by atoms with Crippen LogP contribution in [0, 0.1) is 23.7 Å². The van der Waals surface area contributed by atoms with Gasteiger partial charge in [0.1, 0.15) is 0 Å². The van der Waals surface area contributed by atoms with E-state index in [9.17, 15) is 9.59 Å². The molecular weight excluding hydrogens is 364 g/mol. The van der Waals surface area contributed by atoms with E-state index in [1.807, 2.05) is 0 Å². The second-order valence-electron chi connectivity index (χ2n) is 9.37. The Hall–Kier alpha value is -1.06. The zero-order valence-electron chi connectivity index (χ0n) is 19.5. The summed E-state index contributed by atoms with van der Waals surface area (Å²) in [5, 5.41) is 0. The van der Waals surface area contributed by atoms with Crippen molar-refractivity contribution in [1.29, 1.82) is 0 Å². The van der Waals surface area contributed by atoms with Gasteiger partial charge in [-0.2, -0.15) is 0 Å². The zero-order chi connectivity index (χ0) is 21.5. The van der Waals surface area contributed by atoms with Gasteiger partial charge < -0.3 is 9.47 Å². The van der Waals surface area contributed by atoms with Crippen LogP contribution in [-0.2, 0) is 19.1 Å². The standard InChI is InChI=1S/C25H46O4/c1-5-7-14-21(6-2)19-29-25(27)23-16-12-15-22(18-23)24(26)28-17-11-9-8-10-13-20(3)4/h20-23H,5-19H2,1-4H3. The number of ether oxygens (including phenoxy) is 2. The van der Waals surface area contributed by atoms with E-state index in [2.05, 4.69) is 27.7 Å². The van der Waals surface area contributed by atoms with Crippen molar-refractivity contribution in [3.8, 4) is 0 Å². The summed E-state index contributed by atoms with van der Waals surface area (Å²) >= 11 is 0. The van der Waals surface area contributed by atoms with Crippen molar-refractivity contribution in [3.05, 3.63) is 0 Å². The minimum absolute atomic E-state index is 0.109. The molecule has 0 heterocycles. The molecule has 1 fully saturated rings. The Morgan fingerprint density at radius 2 is 1.52 bits per heavy atom. The van der Waals surface area contributed by atoms with Crippen LogP contribution >= 0.6 is 0 Å². The van der Waals surface area contributed by atoms with Gasteiger partial charge in [-0.15, -0.1) is 0 Å². The molecule has 3 unspecified atom stereocenters. The number of carbonyl (C=O) groups is 2. The monoisotopic (exact) mass is 410 g/mol. The quantitative estimate of drug-likeness (QED) is 0.222. The van der Waals surface area contributed by atoms with E-state index in [1.54, 1.807) is 0 Å². The Labute approximate surface area is 179 Å². The van der Waals surface area contributed by atoms with E-state index in [0.717, 1.165) is 50.9 Å². The number of unbranched alkanes of at least 4 members (excludes halogenated alkanes) is 4. The smallest absolute Gasteiger partial charge is 0.308 e. The summed E-state index contributed by atoms with van der Waals surface area (Å²) in [5.74, 6) is 0.735. The molecule has 0 aromatic rings. The van der Waals surface area contributed by atoms with Crippen LogP contribution in [0.1, 0.15) is 111 Å². The van der Waals surface area contributed by atoms with E-state index < -0.39 is 0 Å². The SMILES string of the molecule is CCCCC(CC)COC(=O)C1CCCC(C(=O)OCCCCCCC(C)C)C1. The van der Waals surface area contributed by atoms with Crippen LogP contribution in [0.15, 0.2) is 0 Å². The van der Waals surface area contributed by atoms with E-state index in [0.29, 0.717) is 25.6 Å². The van der Waals surface area contributed by atoms with Crippen molar-refractivity contribution in [1.82, 2.24) is 0 Å². The minimum atomic E-state index is -0.138. The largest absolute Gasteiger partial charge is 0.465 e. The lowest BCUT2D eigenvalue weighted by molar-refractivity contribution is -0.156. The Bertz CT molecular complexity index is 446. The molecule has 0 aromatic carbocycles. The molecule has 4 nitrogen and oxygen atoms in total. The van der Waals surface area contributed by atoms with Crippen LogP contribution < -0.4 is 0 Å². The summed E-state index contributed by atoms with van der Waals surface area (Å²) in [4.78, 5) is 24.9. The molecular formula is C25H46O4. The van der Waals surface area contributed by atoms with E-state index in [-0.39, 0.29) is 23.8 Å². The molecule has 29 heavy (non-hydrogen) atoms. The van der Waals surface area contributed by atoms with Crippen molar-refractivity contribution < 1.29 is 19.1 Å². The predicted octanol–water partition coefficient (Wildman–Crippen LogP) is 6.70. The van der Waals surface area contributed by atoms with Crippen LogP contribution in [0.5, 0.6) is 0 Å². The average Bonchev–Trinajstić information content (AvgIpc) is 2.72. The Morgan fingerprint density at radius 1 is 0.862 bits per heavy atom. The van der Waals surface area contributed by atoms with Crippen LogP contribution in [0.2, 0.25) is 0 Å². The summed E-state index contributed by atoms with van der Waals surface area (Å²) in [6.07, 6.45) is 13.5. The molecule has 1 saturated carbocycles. The Balaban J connectivity index is 2.24. The highest BCUT2D eigenvalue weighted by atomic mass is 16.5. The highest BCUT2D eigenvalue weighted by molar-refractivity contribution is 5.76. The van der Waals surface area contributed by atoms with Crippen molar-refractivity contribution in [2.45, 2.75) is 111 Å². The maximum absolute atomic E-state index is 12.5. The predicted molar refractivity (Wildman–Crippen MR) is 119 cm³/mol. The first-order valence-corrected chi connectivity index (χ1v) is 12.3. The van der Waals surface area contributed by atoms with Crippen LogP contribution in [0.25, 0.3) is 0 Å². The molecule has 0 N–H and O–H groups in total. The molecule has 1 rings (SSSR count). The van der Waals surface area contributed by atoms with Crippen molar-refractivity contribution >= 4 is 11.9 Å². The number of carbonyl (C=O) groups excluding carboxylic acids is 2. The second-order valence-corrected chi connectivity index (χ2v) is 9.37. The minimum Gasteiger partial charge on any atom is -0.465 e. The number of hydrogen-bond donors (Lipinski definition) is 0. The van der Waals surface area contributed by atoms with E-state index >= 15 is 0 Å². The Kier molecular flexibility index (Phi) is 14.1. The van der Waals surface area contributed by atoms with Gasteiger partial charge in [0.2, 0.25) is 0 Å². The maximum Gasteiger partial charge on any atom is 0.308 e. The molecule has 0 bridgehead atoms. The molecule has 1 aliphatic rings. The fourth-order valence-electron chi connectivity index (χ4n) is 4.13. The Morgan fingerprint density at radius 3 is 2.14 bits per heavy atom. The van der Waals surface area contributed by atoms with E-state index in [1.165, 1.54) is 32.1 Å². The first kappa shape index (κ1) is 26.0. The maximum atomic E-state index is 12.5. The molecule has 1 aliphatic carbocycles. The van der Waals surface area contributed by atoms with Gasteiger partial charge in [0.05, 0.1) is 25.0 Å². The highest BCUT2D eigenvalue weighted by Crippen LogP contribution is 2.31. The zero-order valence-corrected chi connectivity index (χ0v) is 19.5. The van der Waals surface area contributed by atoms with Gasteiger partial charge in [0.25, 0.3) is 0 Å².